The summed E-state index contributed by atoms with van der Waals surface area (Å²) in [5, 5.41) is 0. The lowest BCUT2D eigenvalue weighted by atomic mass is 10.0. The zero-order valence-electron chi connectivity index (χ0n) is 7.10. The number of benzene rings is 1. The molecule has 1 aromatic rings. The zero-order chi connectivity index (χ0) is 8.97. The normalized spacial score (nSPS) is 9.42. The summed E-state index contributed by atoms with van der Waals surface area (Å²) in [4.78, 5) is 0. The highest BCUT2D eigenvalue weighted by Gasteiger charge is 2.01. The molecule has 0 nitrogen and oxygen atoms in total. The van der Waals surface area contributed by atoms with Crippen molar-refractivity contribution in [2.24, 2.45) is 0 Å². The summed E-state index contributed by atoms with van der Waals surface area (Å²) < 4.78 is 13.0. The lowest BCUT2D eigenvalue weighted by Crippen LogP contribution is -1.91. The van der Waals surface area contributed by atoms with E-state index in [4.69, 9.17) is 6.42 Å². The molecular weight excluding hydrogens is 151 g/mol. The van der Waals surface area contributed by atoms with Gasteiger partial charge in [-0.25, -0.2) is 4.39 Å². The standard InChI is InChI=1S/C11H11F/c1-3-4-6-10-7-5-8-11(12)9(10)2/h1,5,7-8H,4,6H2,2H3. The molecule has 0 aromatic heterocycles. The van der Waals surface area contributed by atoms with Crippen LogP contribution in [0.3, 0.4) is 0 Å². The summed E-state index contributed by atoms with van der Waals surface area (Å²) in [6.45, 7) is 1.78. The minimum Gasteiger partial charge on any atom is -0.207 e. The third-order valence-electron chi connectivity index (χ3n) is 1.92. The van der Waals surface area contributed by atoms with Crippen molar-refractivity contribution < 1.29 is 4.39 Å². The van der Waals surface area contributed by atoms with E-state index in [1.807, 2.05) is 6.07 Å². The molecule has 0 aliphatic rings. The van der Waals surface area contributed by atoms with Crippen LogP contribution in [0.4, 0.5) is 4.39 Å². The van der Waals surface area contributed by atoms with Gasteiger partial charge in [0.25, 0.3) is 0 Å². The average molecular weight is 162 g/mol. The number of terminal acetylenes is 1. The maximum atomic E-state index is 13.0. The van der Waals surface area contributed by atoms with Crippen molar-refractivity contribution in [1.82, 2.24) is 0 Å². The first-order valence-corrected chi connectivity index (χ1v) is 3.93. The molecule has 0 amide bonds. The quantitative estimate of drug-likeness (QED) is 0.586. The van der Waals surface area contributed by atoms with Gasteiger partial charge < -0.3 is 0 Å². The fourth-order valence-electron chi connectivity index (χ4n) is 1.13. The predicted octanol–water partition coefficient (Wildman–Crippen LogP) is 2.70. The lowest BCUT2D eigenvalue weighted by molar-refractivity contribution is 0.615. The van der Waals surface area contributed by atoms with Crippen LogP contribution in [0.1, 0.15) is 17.5 Å². The highest BCUT2D eigenvalue weighted by molar-refractivity contribution is 5.27. The summed E-state index contributed by atoms with van der Waals surface area (Å²) in [5.41, 5.74) is 1.72. The van der Waals surface area contributed by atoms with Crippen molar-refractivity contribution in [1.29, 1.82) is 0 Å². The Bertz CT molecular complexity index is 307. The van der Waals surface area contributed by atoms with E-state index in [0.717, 1.165) is 12.0 Å². The minimum atomic E-state index is -0.149. The Balaban J connectivity index is 2.86. The second-order valence-corrected chi connectivity index (χ2v) is 2.73. The van der Waals surface area contributed by atoms with Gasteiger partial charge in [-0.05, 0) is 30.5 Å². The Kier molecular flexibility index (Phi) is 2.88. The van der Waals surface area contributed by atoms with Gasteiger partial charge in [0.2, 0.25) is 0 Å². The monoisotopic (exact) mass is 162 g/mol. The maximum Gasteiger partial charge on any atom is 0.126 e. The van der Waals surface area contributed by atoms with E-state index in [9.17, 15) is 4.39 Å². The van der Waals surface area contributed by atoms with Crippen LogP contribution in [0.15, 0.2) is 18.2 Å². The van der Waals surface area contributed by atoms with E-state index in [1.165, 1.54) is 6.07 Å². The van der Waals surface area contributed by atoms with Crippen molar-refractivity contribution in [2.75, 3.05) is 0 Å². The van der Waals surface area contributed by atoms with Crippen LogP contribution in [0.2, 0.25) is 0 Å². The van der Waals surface area contributed by atoms with Crippen LogP contribution in [0.5, 0.6) is 0 Å². The number of hydrogen-bond donors (Lipinski definition) is 0. The van der Waals surface area contributed by atoms with Gasteiger partial charge in [0.1, 0.15) is 5.82 Å². The number of rotatable bonds is 2. The molecule has 0 bridgehead atoms. The molecule has 1 aromatic carbocycles. The highest BCUT2D eigenvalue weighted by Crippen LogP contribution is 2.13. The van der Waals surface area contributed by atoms with E-state index in [-0.39, 0.29) is 5.82 Å². The smallest absolute Gasteiger partial charge is 0.126 e. The maximum absolute atomic E-state index is 13.0. The summed E-state index contributed by atoms with van der Waals surface area (Å²) >= 11 is 0. The fraction of sp³-hybridized carbons (Fsp3) is 0.273. The fourth-order valence-corrected chi connectivity index (χ4v) is 1.13. The number of halogens is 1. The van der Waals surface area contributed by atoms with Crippen molar-refractivity contribution in [3.05, 3.63) is 35.1 Å². The van der Waals surface area contributed by atoms with Crippen LogP contribution in [0, 0.1) is 25.1 Å². The third-order valence-corrected chi connectivity index (χ3v) is 1.92. The van der Waals surface area contributed by atoms with Crippen LogP contribution < -0.4 is 0 Å². The molecule has 0 spiro atoms. The summed E-state index contributed by atoms with van der Waals surface area (Å²) in [6, 6.07) is 5.10. The second kappa shape index (κ2) is 3.92. The first-order chi connectivity index (χ1) is 5.75. The highest BCUT2D eigenvalue weighted by atomic mass is 19.1. The lowest BCUT2D eigenvalue weighted by Gasteiger charge is -2.03. The van der Waals surface area contributed by atoms with Gasteiger partial charge in [0.15, 0.2) is 0 Å². The SMILES string of the molecule is C#CCCc1cccc(F)c1C. The molecule has 0 radical (unpaired) electrons. The van der Waals surface area contributed by atoms with Crippen LogP contribution in [0.25, 0.3) is 0 Å². The molecule has 0 N–H and O–H groups in total. The van der Waals surface area contributed by atoms with E-state index >= 15 is 0 Å². The van der Waals surface area contributed by atoms with Gasteiger partial charge in [-0.15, -0.1) is 12.3 Å². The number of aryl methyl sites for hydroxylation is 1. The predicted molar refractivity (Wildman–Crippen MR) is 48.3 cm³/mol. The Hall–Kier alpha value is -1.29. The molecule has 62 valence electrons. The van der Waals surface area contributed by atoms with Gasteiger partial charge in [-0.2, -0.15) is 0 Å². The van der Waals surface area contributed by atoms with Crippen molar-refractivity contribution in [3.8, 4) is 12.3 Å². The largest absolute Gasteiger partial charge is 0.207 e. The average Bonchev–Trinajstić information content (AvgIpc) is 2.08. The van der Waals surface area contributed by atoms with Crippen molar-refractivity contribution >= 4 is 0 Å². The molecule has 0 fully saturated rings. The summed E-state index contributed by atoms with van der Waals surface area (Å²) in [6.07, 6.45) is 6.56. The molecule has 1 heteroatoms. The van der Waals surface area contributed by atoms with Gasteiger partial charge in [-0.3, -0.25) is 0 Å². The topological polar surface area (TPSA) is 0 Å². The molecule has 12 heavy (non-hydrogen) atoms. The Labute approximate surface area is 72.4 Å². The zero-order valence-corrected chi connectivity index (χ0v) is 7.10. The summed E-state index contributed by atoms with van der Waals surface area (Å²) in [5.74, 6) is 2.39. The molecule has 0 saturated heterocycles. The van der Waals surface area contributed by atoms with E-state index in [2.05, 4.69) is 5.92 Å². The molecule has 0 aliphatic heterocycles. The van der Waals surface area contributed by atoms with E-state index < -0.39 is 0 Å². The third kappa shape index (κ3) is 1.85. The van der Waals surface area contributed by atoms with Gasteiger partial charge in [-0.1, -0.05) is 12.1 Å². The van der Waals surface area contributed by atoms with Crippen LogP contribution in [-0.4, -0.2) is 0 Å². The Morgan fingerprint density at radius 3 is 2.92 bits per heavy atom. The molecule has 0 heterocycles. The molecule has 1 rings (SSSR count). The minimum absolute atomic E-state index is 0.149. The van der Waals surface area contributed by atoms with Crippen molar-refractivity contribution in [2.45, 2.75) is 19.8 Å². The molecule has 0 atom stereocenters. The van der Waals surface area contributed by atoms with E-state index in [1.54, 1.807) is 13.0 Å². The molecule has 0 saturated carbocycles. The summed E-state index contributed by atoms with van der Waals surface area (Å²) in [7, 11) is 0. The van der Waals surface area contributed by atoms with Crippen LogP contribution in [-0.2, 0) is 6.42 Å². The Morgan fingerprint density at radius 1 is 1.50 bits per heavy atom. The molecule has 0 aliphatic carbocycles. The number of hydrogen-bond acceptors (Lipinski definition) is 0. The van der Waals surface area contributed by atoms with Gasteiger partial charge in [0.05, 0.1) is 0 Å². The van der Waals surface area contributed by atoms with E-state index in [0.29, 0.717) is 12.0 Å². The first-order valence-electron chi connectivity index (χ1n) is 3.93. The second-order valence-electron chi connectivity index (χ2n) is 2.73. The molecule has 0 unspecified atom stereocenters. The Morgan fingerprint density at radius 2 is 2.25 bits per heavy atom. The van der Waals surface area contributed by atoms with Crippen molar-refractivity contribution in [3.63, 3.8) is 0 Å². The first kappa shape index (κ1) is 8.80. The van der Waals surface area contributed by atoms with Gasteiger partial charge in [0, 0.05) is 6.42 Å². The van der Waals surface area contributed by atoms with Gasteiger partial charge >= 0.3 is 0 Å². The van der Waals surface area contributed by atoms with Crippen LogP contribution >= 0.6 is 0 Å². The molecular formula is C11H11F.